The monoisotopic (exact) mass is 254 g/mol. The van der Waals surface area contributed by atoms with Crippen LogP contribution in [0, 0.1) is 17.8 Å². The van der Waals surface area contributed by atoms with E-state index in [9.17, 15) is 9.59 Å². The lowest BCUT2D eigenvalue weighted by molar-refractivity contribution is -0.134. The van der Waals surface area contributed by atoms with Gasteiger partial charge in [-0.2, -0.15) is 0 Å². The van der Waals surface area contributed by atoms with Gasteiger partial charge in [-0.1, -0.05) is 32.6 Å². The van der Waals surface area contributed by atoms with Crippen LogP contribution in [0.15, 0.2) is 0 Å². The average Bonchev–Trinajstić information content (AvgIpc) is 2.25. The molecule has 0 saturated heterocycles. The molecular formula is C14H26N2O2. The molecule has 0 aromatic rings. The molecule has 0 aromatic carbocycles. The summed E-state index contributed by atoms with van der Waals surface area (Å²) in [6.07, 6.45) is 6.04. The second-order valence-corrected chi connectivity index (χ2v) is 5.33. The molecule has 1 aliphatic carbocycles. The summed E-state index contributed by atoms with van der Waals surface area (Å²) in [5.74, 6) is -0.250. The van der Waals surface area contributed by atoms with E-state index in [1.54, 1.807) is 0 Å². The Balaban J connectivity index is 2.71. The SMILES string of the molecule is CCC[C@H](C(N)=O)C(CC1CCC1)C(=O)NCC. The van der Waals surface area contributed by atoms with Crippen LogP contribution in [0.5, 0.6) is 0 Å². The van der Waals surface area contributed by atoms with Crippen LogP contribution in [0.4, 0.5) is 0 Å². The summed E-state index contributed by atoms with van der Waals surface area (Å²) >= 11 is 0. The second kappa shape index (κ2) is 7.39. The fourth-order valence-electron chi connectivity index (χ4n) is 2.70. The van der Waals surface area contributed by atoms with E-state index in [4.69, 9.17) is 5.73 Å². The molecule has 4 nitrogen and oxygen atoms in total. The van der Waals surface area contributed by atoms with E-state index in [0.29, 0.717) is 18.9 Å². The largest absolute Gasteiger partial charge is 0.369 e. The smallest absolute Gasteiger partial charge is 0.223 e. The molecule has 0 heterocycles. The van der Waals surface area contributed by atoms with Gasteiger partial charge in [0.1, 0.15) is 0 Å². The van der Waals surface area contributed by atoms with E-state index in [0.717, 1.165) is 12.8 Å². The predicted octanol–water partition coefficient (Wildman–Crippen LogP) is 1.83. The van der Waals surface area contributed by atoms with E-state index < -0.39 is 0 Å². The molecular weight excluding hydrogens is 228 g/mol. The Morgan fingerprint density at radius 3 is 2.33 bits per heavy atom. The summed E-state index contributed by atoms with van der Waals surface area (Å²) in [6, 6.07) is 0. The maximum absolute atomic E-state index is 12.1. The molecule has 2 atom stereocenters. The zero-order valence-corrected chi connectivity index (χ0v) is 11.6. The number of nitrogens with one attached hydrogen (secondary N) is 1. The Morgan fingerprint density at radius 1 is 1.28 bits per heavy atom. The first-order valence-electron chi connectivity index (χ1n) is 7.17. The first-order chi connectivity index (χ1) is 8.60. The normalized spacial score (nSPS) is 18.8. The van der Waals surface area contributed by atoms with Gasteiger partial charge >= 0.3 is 0 Å². The summed E-state index contributed by atoms with van der Waals surface area (Å²) in [7, 11) is 0. The second-order valence-electron chi connectivity index (χ2n) is 5.33. The van der Waals surface area contributed by atoms with E-state index in [1.165, 1.54) is 19.3 Å². The number of carbonyl (C=O) groups excluding carboxylic acids is 2. The molecule has 0 bridgehead atoms. The van der Waals surface area contributed by atoms with Gasteiger partial charge in [-0.3, -0.25) is 9.59 Å². The van der Waals surface area contributed by atoms with Crippen LogP contribution in [0.25, 0.3) is 0 Å². The summed E-state index contributed by atoms with van der Waals surface area (Å²) in [6.45, 7) is 4.53. The van der Waals surface area contributed by atoms with E-state index in [-0.39, 0.29) is 23.7 Å². The number of nitrogens with two attached hydrogens (primary N) is 1. The van der Waals surface area contributed by atoms with Gasteiger partial charge in [0, 0.05) is 18.4 Å². The highest BCUT2D eigenvalue weighted by Crippen LogP contribution is 2.35. The van der Waals surface area contributed by atoms with Crippen molar-refractivity contribution in [2.24, 2.45) is 23.5 Å². The van der Waals surface area contributed by atoms with Gasteiger partial charge in [0.2, 0.25) is 11.8 Å². The molecule has 4 heteroatoms. The Kier molecular flexibility index (Phi) is 6.16. The molecule has 0 aliphatic heterocycles. The number of carbonyl (C=O) groups is 2. The molecule has 1 unspecified atom stereocenters. The highest BCUT2D eigenvalue weighted by atomic mass is 16.2. The summed E-state index contributed by atoms with van der Waals surface area (Å²) in [4.78, 5) is 23.7. The molecule has 0 aromatic heterocycles. The lowest BCUT2D eigenvalue weighted by Gasteiger charge is -2.32. The maximum Gasteiger partial charge on any atom is 0.223 e. The minimum absolute atomic E-state index is 0.00153. The highest BCUT2D eigenvalue weighted by Gasteiger charge is 2.34. The lowest BCUT2D eigenvalue weighted by Crippen LogP contribution is -2.41. The van der Waals surface area contributed by atoms with Gasteiger partial charge in [0.25, 0.3) is 0 Å². The fourth-order valence-corrected chi connectivity index (χ4v) is 2.70. The van der Waals surface area contributed by atoms with Crippen LogP contribution in [-0.2, 0) is 9.59 Å². The van der Waals surface area contributed by atoms with Crippen molar-refractivity contribution in [2.75, 3.05) is 6.54 Å². The number of rotatable bonds is 8. The molecule has 1 rings (SSSR count). The van der Waals surface area contributed by atoms with Gasteiger partial charge in [0.05, 0.1) is 0 Å². The lowest BCUT2D eigenvalue weighted by atomic mass is 9.74. The zero-order chi connectivity index (χ0) is 13.5. The molecule has 2 amide bonds. The van der Waals surface area contributed by atoms with Crippen molar-refractivity contribution < 1.29 is 9.59 Å². The van der Waals surface area contributed by atoms with Gasteiger partial charge < -0.3 is 11.1 Å². The predicted molar refractivity (Wildman–Crippen MR) is 71.7 cm³/mol. The first kappa shape index (κ1) is 15.0. The summed E-state index contributed by atoms with van der Waals surface area (Å²) < 4.78 is 0. The van der Waals surface area contributed by atoms with Crippen molar-refractivity contribution >= 4 is 11.8 Å². The zero-order valence-electron chi connectivity index (χ0n) is 11.6. The third-order valence-corrected chi connectivity index (χ3v) is 3.95. The third kappa shape index (κ3) is 4.00. The topological polar surface area (TPSA) is 72.2 Å². The van der Waals surface area contributed by atoms with Gasteiger partial charge in [-0.05, 0) is 25.7 Å². The fraction of sp³-hybridized carbons (Fsp3) is 0.857. The van der Waals surface area contributed by atoms with Crippen LogP contribution in [-0.4, -0.2) is 18.4 Å². The van der Waals surface area contributed by atoms with Crippen molar-refractivity contribution in [3.8, 4) is 0 Å². The Hall–Kier alpha value is -1.06. The maximum atomic E-state index is 12.1. The molecule has 1 aliphatic rings. The molecule has 18 heavy (non-hydrogen) atoms. The van der Waals surface area contributed by atoms with Gasteiger partial charge in [0.15, 0.2) is 0 Å². The van der Waals surface area contributed by atoms with Crippen molar-refractivity contribution in [1.29, 1.82) is 0 Å². The van der Waals surface area contributed by atoms with Crippen LogP contribution in [0.3, 0.4) is 0 Å². The minimum atomic E-state index is -0.326. The molecule has 1 saturated carbocycles. The van der Waals surface area contributed by atoms with Crippen molar-refractivity contribution in [3.63, 3.8) is 0 Å². The first-order valence-corrected chi connectivity index (χ1v) is 7.17. The Bertz CT molecular complexity index is 288. The van der Waals surface area contributed by atoms with Crippen LogP contribution < -0.4 is 11.1 Å². The van der Waals surface area contributed by atoms with Gasteiger partial charge in [-0.25, -0.2) is 0 Å². The number of hydrogen-bond donors (Lipinski definition) is 2. The quantitative estimate of drug-likeness (QED) is 0.693. The van der Waals surface area contributed by atoms with Crippen LogP contribution in [0.2, 0.25) is 0 Å². The Labute approximate surface area is 110 Å². The molecule has 3 N–H and O–H groups in total. The molecule has 1 fully saturated rings. The third-order valence-electron chi connectivity index (χ3n) is 3.95. The average molecular weight is 254 g/mol. The Morgan fingerprint density at radius 2 is 1.94 bits per heavy atom. The highest BCUT2D eigenvalue weighted by molar-refractivity contribution is 5.86. The summed E-state index contributed by atoms with van der Waals surface area (Å²) in [5, 5.41) is 2.85. The number of amides is 2. The van der Waals surface area contributed by atoms with E-state index in [2.05, 4.69) is 5.32 Å². The standard InChI is InChI=1S/C14H26N2O2/c1-3-6-11(13(15)17)12(14(18)16-4-2)9-10-7-5-8-10/h10-12H,3-9H2,1-2H3,(H2,15,17)(H,16,18)/t11-,12?/m0/s1. The summed E-state index contributed by atoms with van der Waals surface area (Å²) in [5.41, 5.74) is 5.47. The van der Waals surface area contributed by atoms with Crippen molar-refractivity contribution in [2.45, 2.75) is 52.4 Å². The van der Waals surface area contributed by atoms with Crippen molar-refractivity contribution in [3.05, 3.63) is 0 Å². The van der Waals surface area contributed by atoms with E-state index >= 15 is 0 Å². The van der Waals surface area contributed by atoms with Crippen LogP contribution in [0.1, 0.15) is 52.4 Å². The molecule has 0 radical (unpaired) electrons. The number of hydrogen-bond acceptors (Lipinski definition) is 2. The minimum Gasteiger partial charge on any atom is -0.369 e. The molecule has 104 valence electrons. The van der Waals surface area contributed by atoms with Crippen molar-refractivity contribution in [1.82, 2.24) is 5.32 Å². The molecule has 0 spiro atoms. The van der Waals surface area contributed by atoms with Gasteiger partial charge in [-0.15, -0.1) is 0 Å². The number of primary amides is 1. The van der Waals surface area contributed by atoms with E-state index in [1.807, 2.05) is 13.8 Å². The van der Waals surface area contributed by atoms with Crippen LogP contribution >= 0.6 is 0 Å².